The number of fused-ring (bicyclic) bond motifs is 1. The quantitative estimate of drug-likeness (QED) is 0.318. The SMILES string of the molecule is CC1(C)C(C(=O)Nc2ncnc3c2cnn3CCN2CCCCCC2)C1(C)C.CCC(O)(COC=O)OC=O. The molecule has 1 saturated heterocycles. The van der Waals surface area contributed by atoms with Gasteiger partial charge in [0, 0.05) is 18.9 Å². The number of nitrogens with one attached hydrogen (secondary N) is 1. The number of likely N-dealkylation sites (tertiary alicyclic amines) is 1. The standard InChI is InChI=1S/C21H32N6O.C6H10O5/c1-20(2)16(21(20,3)4)19(28)25-17-15-13-24-27(18(15)23-14-22-17)12-11-26-9-7-5-6-8-10-26;1-2-6(9,11-5-8)3-10-4-7/h13-14,16H,5-12H2,1-4H3,(H,22,23,25,28);4-5,9H,2-3H2,1H3. The molecule has 2 aromatic heterocycles. The normalized spacial score (nSPS) is 20.1. The molecule has 1 unspecified atom stereocenters. The van der Waals surface area contributed by atoms with Crippen molar-refractivity contribution < 1.29 is 29.0 Å². The molecule has 1 aliphatic carbocycles. The van der Waals surface area contributed by atoms with Crippen LogP contribution in [-0.4, -0.2) is 80.6 Å². The average Bonchev–Trinajstić information content (AvgIpc) is 3.18. The van der Waals surface area contributed by atoms with Crippen LogP contribution in [0.2, 0.25) is 0 Å². The maximum absolute atomic E-state index is 12.8. The van der Waals surface area contributed by atoms with Gasteiger partial charge in [0.1, 0.15) is 12.1 Å². The Kier molecular flexibility index (Phi) is 10.0. The topological polar surface area (TPSA) is 149 Å². The van der Waals surface area contributed by atoms with E-state index in [0.29, 0.717) is 5.82 Å². The highest BCUT2D eigenvalue weighted by molar-refractivity contribution is 6.01. The summed E-state index contributed by atoms with van der Waals surface area (Å²) in [5.74, 6) is -1.09. The zero-order valence-electron chi connectivity index (χ0n) is 23.7. The third-order valence-corrected chi connectivity index (χ3v) is 8.48. The van der Waals surface area contributed by atoms with Gasteiger partial charge in [-0.1, -0.05) is 47.5 Å². The molecule has 12 nitrogen and oxygen atoms in total. The lowest BCUT2D eigenvalue weighted by molar-refractivity contribution is -0.216. The zero-order valence-corrected chi connectivity index (χ0v) is 23.7. The van der Waals surface area contributed by atoms with Gasteiger partial charge in [-0.2, -0.15) is 5.10 Å². The van der Waals surface area contributed by atoms with Crippen LogP contribution >= 0.6 is 0 Å². The van der Waals surface area contributed by atoms with Gasteiger partial charge in [0.2, 0.25) is 11.7 Å². The minimum Gasteiger partial charge on any atom is -0.461 e. The van der Waals surface area contributed by atoms with Crippen LogP contribution in [0.4, 0.5) is 5.82 Å². The fourth-order valence-corrected chi connectivity index (χ4v) is 5.27. The van der Waals surface area contributed by atoms with Crippen molar-refractivity contribution in [2.45, 2.75) is 79.1 Å². The van der Waals surface area contributed by atoms with Crippen LogP contribution in [0.5, 0.6) is 0 Å². The molecule has 216 valence electrons. The van der Waals surface area contributed by atoms with Crippen molar-refractivity contribution >= 4 is 35.7 Å². The molecule has 0 spiro atoms. The van der Waals surface area contributed by atoms with Gasteiger partial charge >= 0.3 is 0 Å². The van der Waals surface area contributed by atoms with Crippen LogP contribution in [0.15, 0.2) is 12.5 Å². The fourth-order valence-electron chi connectivity index (χ4n) is 5.27. The molecule has 2 aliphatic rings. The molecule has 1 amide bonds. The van der Waals surface area contributed by atoms with E-state index in [2.05, 4.69) is 62.5 Å². The lowest BCUT2D eigenvalue weighted by Gasteiger charge is -2.22. The number of carbonyl (C=O) groups excluding carboxylic acids is 3. The van der Waals surface area contributed by atoms with Crippen LogP contribution < -0.4 is 5.32 Å². The molecule has 0 bridgehead atoms. The maximum Gasteiger partial charge on any atom is 0.295 e. The molecule has 39 heavy (non-hydrogen) atoms. The lowest BCUT2D eigenvalue weighted by Crippen LogP contribution is -2.36. The summed E-state index contributed by atoms with van der Waals surface area (Å²) in [6.45, 7) is 14.2. The number of hydrogen-bond acceptors (Lipinski definition) is 10. The Morgan fingerprint density at radius 1 is 1.10 bits per heavy atom. The first-order valence-electron chi connectivity index (χ1n) is 13.6. The van der Waals surface area contributed by atoms with E-state index in [9.17, 15) is 19.5 Å². The van der Waals surface area contributed by atoms with Gasteiger partial charge in [-0.05, 0) is 36.8 Å². The van der Waals surface area contributed by atoms with Crippen LogP contribution in [0.3, 0.4) is 0 Å². The van der Waals surface area contributed by atoms with E-state index in [1.807, 2.05) is 4.68 Å². The van der Waals surface area contributed by atoms with Crippen molar-refractivity contribution in [3.8, 4) is 0 Å². The third-order valence-electron chi connectivity index (χ3n) is 8.48. The average molecular weight is 547 g/mol. The second-order valence-corrected chi connectivity index (χ2v) is 11.4. The Labute approximate surface area is 229 Å². The Morgan fingerprint density at radius 2 is 1.77 bits per heavy atom. The number of nitrogens with zero attached hydrogens (tertiary/aromatic N) is 5. The van der Waals surface area contributed by atoms with Gasteiger partial charge in [-0.25, -0.2) is 14.6 Å². The molecule has 1 aliphatic heterocycles. The Hall–Kier alpha value is -3.12. The number of anilines is 1. The van der Waals surface area contributed by atoms with Crippen molar-refractivity contribution in [3.63, 3.8) is 0 Å². The van der Waals surface area contributed by atoms with Crippen molar-refractivity contribution in [1.29, 1.82) is 0 Å². The molecular weight excluding hydrogens is 504 g/mol. The van der Waals surface area contributed by atoms with E-state index in [4.69, 9.17) is 0 Å². The van der Waals surface area contributed by atoms with Crippen LogP contribution in [0, 0.1) is 16.7 Å². The summed E-state index contributed by atoms with van der Waals surface area (Å²) < 4.78 is 10.4. The van der Waals surface area contributed by atoms with E-state index >= 15 is 0 Å². The summed E-state index contributed by atoms with van der Waals surface area (Å²) in [4.78, 5) is 43.6. The maximum atomic E-state index is 12.8. The van der Waals surface area contributed by atoms with E-state index in [0.717, 1.165) is 24.1 Å². The molecule has 4 rings (SSSR count). The molecule has 3 heterocycles. The number of rotatable bonds is 11. The summed E-state index contributed by atoms with van der Waals surface area (Å²) in [5.41, 5.74) is 0.788. The number of carbonyl (C=O) groups is 3. The minimum atomic E-state index is -1.68. The number of ether oxygens (including phenoxy) is 2. The number of amides is 1. The summed E-state index contributed by atoms with van der Waals surface area (Å²) in [6.07, 6.45) is 8.71. The monoisotopic (exact) mass is 546 g/mol. The van der Waals surface area contributed by atoms with Crippen LogP contribution in [0.1, 0.15) is 66.7 Å². The molecule has 0 radical (unpaired) electrons. The first-order chi connectivity index (χ1) is 18.5. The Morgan fingerprint density at radius 3 is 2.33 bits per heavy atom. The number of aromatic nitrogens is 4. The predicted molar refractivity (Wildman–Crippen MR) is 144 cm³/mol. The highest BCUT2D eigenvalue weighted by Gasteiger charge is 2.68. The zero-order chi connectivity index (χ0) is 28.7. The van der Waals surface area contributed by atoms with E-state index in [1.165, 1.54) is 45.1 Å². The highest BCUT2D eigenvalue weighted by atomic mass is 16.7. The van der Waals surface area contributed by atoms with Crippen molar-refractivity contribution in [1.82, 2.24) is 24.6 Å². The summed E-state index contributed by atoms with van der Waals surface area (Å²) in [5, 5.41) is 17.6. The van der Waals surface area contributed by atoms with Crippen molar-refractivity contribution in [2.24, 2.45) is 16.7 Å². The summed E-state index contributed by atoms with van der Waals surface area (Å²) in [6, 6.07) is 0. The molecular formula is C27H42N6O6. The van der Waals surface area contributed by atoms with Crippen molar-refractivity contribution in [2.75, 3.05) is 31.6 Å². The summed E-state index contributed by atoms with van der Waals surface area (Å²) >= 11 is 0. The molecule has 2 N–H and O–H groups in total. The smallest absolute Gasteiger partial charge is 0.295 e. The lowest BCUT2D eigenvalue weighted by atomic mass is 10.0. The Bertz CT molecular complexity index is 1110. The number of hydrogen-bond donors (Lipinski definition) is 2. The molecule has 2 aromatic rings. The van der Waals surface area contributed by atoms with E-state index in [-0.39, 0.29) is 48.6 Å². The first kappa shape index (κ1) is 30.4. The first-order valence-corrected chi connectivity index (χ1v) is 13.6. The van der Waals surface area contributed by atoms with Gasteiger partial charge in [0.25, 0.3) is 12.9 Å². The molecule has 2 fully saturated rings. The van der Waals surface area contributed by atoms with Gasteiger partial charge < -0.3 is 24.8 Å². The molecule has 1 atom stereocenters. The van der Waals surface area contributed by atoms with Crippen LogP contribution in [-0.2, 0) is 30.4 Å². The Balaban J connectivity index is 0.000000325. The van der Waals surface area contributed by atoms with E-state index < -0.39 is 5.79 Å². The van der Waals surface area contributed by atoms with Gasteiger partial charge in [0.15, 0.2) is 12.3 Å². The molecule has 12 heteroatoms. The summed E-state index contributed by atoms with van der Waals surface area (Å²) in [7, 11) is 0. The fraction of sp³-hybridized carbons (Fsp3) is 0.704. The second-order valence-electron chi connectivity index (χ2n) is 11.4. The largest absolute Gasteiger partial charge is 0.461 e. The second kappa shape index (κ2) is 12.8. The highest BCUT2D eigenvalue weighted by Crippen LogP contribution is 2.68. The van der Waals surface area contributed by atoms with Gasteiger partial charge in [-0.15, -0.1) is 0 Å². The minimum absolute atomic E-state index is 0.000563. The van der Waals surface area contributed by atoms with Crippen LogP contribution in [0.25, 0.3) is 11.0 Å². The van der Waals surface area contributed by atoms with Gasteiger partial charge in [-0.3, -0.25) is 14.4 Å². The third kappa shape index (κ3) is 7.10. The van der Waals surface area contributed by atoms with Gasteiger partial charge in [0.05, 0.1) is 18.1 Å². The molecule has 0 aromatic carbocycles. The predicted octanol–water partition coefficient (Wildman–Crippen LogP) is 2.75. The van der Waals surface area contributed by atoms with E-state index in [1.54, 1.807) is 13.1 Å². The number of aliphatic hydroxyl groups is 1. The van der Waals surface area contributed by atoms with Crippen molar-refractivity contribution in [3.05, 3.63) is 12.5 Å². The molecule has 1 saturated carbocycles.